The summed E-state index contributed by atoms with van der Waals surface area (Å²) in [5.41, 5.74) is 1.92. The van der Waals surface area contributed by atoms with Crippen LogP contribution in [0.5, 0.6) is 0 Å². The molecule has 2 N–H and O–H groups in total. The molecule has 0 saturated carbocycles. The summed E-state index contributed by atoms with van der Waals surface area (Å²) in [4.78, 5) is 49.3. The van der Waals surface area contributed by atoms with Crippen molar-refractivity contribution in [2.24, 2.45) is 0 Å². The fourth-order valence-corrected chi connectivity index (χ4v) is 5.13. The number of H-pyrrole nitrogens is 1. The van der Waals surface area contributed by atoms with Gasteiger partial charge >= 0.3 is 0 Å². The van der Waals surface area contributed by atoms with Crippen molar-refractivity contribution >= 4 is 35.2 Å². The van der Waals surface area contributed by atoms with Gasteiger partial charge in [-0.2, -0.15) is 5.26 Å². The van der Waals surface area contributed by atoms with E-state index in [0.717, 1.165) is 0 Å². The van der Waals surface area contributed by atoms with Gasteiger partial charge < -0.3 is 19.9 Å². The van der Waals surface area contributed by atoms with Crippen molar-refractivity contribution in [3.63, 3.8) is 0 Å². The topological polar surface area (TPSA) is 131 Å². The number of nitrogens with zero attached hydrogens (tertiary/aromatic N) is 4. The minimum atomic E-state index is -0.589. The normalized spacial score (nSPS) is 17.9. The minimum Gasteiger partial charge on any atom is -0.378 e. The Balaban J connectivity index is 1.37. The number of rotatable bonds is 6. The smallest absolute Gasteiger partial charge is 0.255 e. The number of carbonyl (C=O) groups excluding carboxylic acids is 2. The third-order valence-electron chi connectivity index (χ3n) is 5.90. The van der Waals surface area contributed by atoms with Crippen molar-refractivity contribution in [1.29, 1.82) is 5.26 Å². The molecule has 178 valence electrons. The van der Waals surface area contributed by atoms with Gasteiger partial charge in [0, 0.05) is 42.2 Å². The third-order valence-corrected chi connectivity index (χ3v) is 6.91. The van der Waals surface area contributed by atoms with Gasteiger partial charge in [0.05, 0.1) is 30.7 Å². The second-order valence-electron chi connectivity index (χ2n) is 8.11. The summed E-state index contributed by atoms with van der Waals surface area (Å²) in [5, 5.41) is 11.7. The van der Waals surface area contributed by atoms with E-state index in [9.17, 15) is 14.4 Å². The Morgan fingerprint density at radius 1 is 1.29 bits per heavy atom. The van der Waals surface area contributed by atoms with E-state index in [0.29, 0.717) is 66.4 Å². The number of aryl methyl sites for hydroxylation is 1. The van der Waals surface area contributed by atoms with Gasteiger partial charge in [-0.1, -0.05) is 0 Å². The lowest BCUT2D eigenvalue weighted by atomic mass is 10.1. The summed E-state index contributed by atoms with van der Waals surface area (Å²) in [6.07, 6.45) is 0.366. The first-order valence-electron chi connectivity index (χ1n) is 11.1. The van der Waals surface area contributed by atoms with Crippen LogP contribution in [-0.2, 0) is 20.7 Å². The quantitative estimate of drug-likeness (QED) is 0.629. The molecule has 1 aromatic heterocycles. The zero-order valence-corrected chi connectivity index (χ0v) is 19.7. The highest BCUT2D eigenvalue weighted by atomic mass is 32.2. The molecule has 2 amide bonds. The van der Waals surface area contributed by atoms with E-state index < -0.39 is 6.04 Å². The molecule has 34 heavy (non-hydrogen) atoms. The average molecular weight is 483 g/mol. The highest BCUT2D eigenvalue weighted by molar-refractivity contribution is 7.99. The molecule has 2 aromatic rings. The van der Waals surface area contributed by atoms with Crippen LogP contribution in [0.3, 0.4) is 0 Å². The molecular formula is C23H26N6O4S. The minimum absolute atomic E-state index is 0.115. The molecule has 0 bridgehead atoms. The van der Waals surface area contributed by atoms with Crippen LogP contribution in [0.2, 0.25) is 0 Å². The number of aromatic nitrogens is 2. The molecule has 2 saturated heterocycles. The molecule has 0 aliphatic carbocycles. The number of aromatic amines is 1. The second kappa shape index (κ2) is 10.7. The molecule has 1 atom stereocenters. The van der Waals surface area contributed by atoms with Crippen molar-refractivity contribution in [3.05, 3.63) is 51.4 Å². The van der Waals surface area contributed by atoms with Gasteiger partial charge in [0.2, 0.25) is 17.8 Å². The maximum Gasteiger partial charge on any atom is 0.255 e. The molecule has 3 heterocycles. The van der Waals surface area contributed by atoms with Crippen molar-refractivity contribution in [3.8, 4) is 6.07 Å². The molecule has 2 aliphatic rings. The van der Waals surface area contributed by atoms with Crippen LogP contribution in [0.25, 0.3) is 0 Å². The van der Waals surface area contributed by atoms with E-state index in [1.54, 1.807) is 36.1 Å². The maximum absolute atomic E-state index is 12.9. The molecule has 2 fully saturated rings. The summed E-state index contributed by atoms with van der Waals surface area (Å²) in [6, 6.07) is 8.02. The predicted molar refractivity (Wildman–Crippen MR) is 129 cm³/mol. The third kappa shape index (κ3) is 5.40. The van der Waals surface area contributed by atoms with Crippen LogP contribution in [0.4, 0.5) is 11.6 Å². The molecule has 10 nitrogen and oxygen atoms in total. The van der Waals surface area contributed by atoms with Gasteiger partial charge in [-0.3, -0.25) is 19.4 Å². The Bertz CT molecular complexity index is 1150. The van der Waals surface area contributed by atoms with E-state index in [4.69, 9.17) is 10.00 Å². The Hall–Kier alpha value is -3.36. The maximum atomic E-state index is 12.9. The first-order valence-corrected chi connectivity index (χ1v) is 12.2. The van der Waals surface area contributed by atoms with Gasteiger partial charge in [-0.25, -0.2) is 4.98 Å². The van der Waals surface area contributed by atoms with Gasteiger partial charge in [0.25, 0.3) is 5.56 Å². The number of thioether (sulfide) groups is 1. The fourth-order valence-electron chi connectivity index (χ4n) is 3.95. The molecule has 4 rings (SSSR count). The highest BCUT2D eigenvalue weighted by Crippen LogP contribution is 2.24. The summed E-state index contributed by atoms with van der Waals surface area (Å²) in [6.45, 7) is 4.29. The van der Waals surface area contributed by atoms with Gasteiger partial charge in [0.15, 0.2) is 0 Å². The zero-order valence-electron chi connectivity index (χ0n) is 18.9. The lowest BCUT2D eigenvalue weighted by Crippen LogP contribution is -2.44. The number of benzene rings is 1. The Labute approximate surface area is 201 Å². The molecular weight excluding hydrogens is 456 g/mol. The number of anilines is 2. The summed E-state index contributed by atoms with van der Waals surface area (Å²) in [7, 11) is 0. The van der Waals surface area contributed by atoms with Gasteiger partial charge in [-0.05, 0) is 37.6 Å². The zero-order chi connectivity index (χ0) is 24.1. The van der Waals surface area contributed by atoms with Crippen LogP contribution >= 0.6 is 11.8 Å². The first-order chi connectivity index (χ1) is 16.5. The van der Waals surface area contributed by atoms with Crippen molar-refractivity contribution in [1.82, 2.24) is 14.9 Å². The van der Waals surface area contributed by atoms with Crippen LogP contribution in [0.1, 0.15) is 23.2 Å². The van der Waals surface area contributed by atoms with Crippen LogP contribution in [-0.4, -0.2) is 70.7 Å². The molecule has 2 aliphatic heterocycles. The lowest BCUT2D eigenvalue weighted by molar-refractivity contribution is -0.136. The molecule has 0 spiro atoms. The molecule has 1 unspecified atom stereocenters. The molecule has 1 aromatic carbocycles. The predicted octanol–water partition coefficient (Wildman–Crippen LogP) is 1.26. The largest absolute Gasteiger partial charge is 0.378 e. The van der Waals surface area contributed by atoms with Crippen molar-refractivity contribution in [2.45, 2.75) is 25.8 Å². The molecule has 0 radical (unpaired) electrons. The van der Waals surface area contributed by atoms with Crippen molar-refractivity contribution < 1.29 is 14.3 Å². The summed E-state index contributed by atoms with van der Waals surface area (Å²) in [5.74, 6) is 1.00. The van der Waals surface area contributed by atoms with Crippen molar-refractivity contribution in [2.75, 3.05) is 48.1 Å². The monoisotopic (exact) mass is 482 g/mol. The average Bonchev–Trinajstić information content (AvgIpc) is 3.35. The second-order valence-corrected chi connectivity index (χ2v) is 9.11. The van der Waals surface area contributed by atoms with Crippen LogP contribution in [0.15, 0.2) is 29.1 Å². The van der Waals surface area contributed by atoms with E-state index >= 15 is 0 Å². The Morgan fingerprint density at radius 2 is 2.03 bits per heavy atom. The standard InChI is InChI=1S/C23H26N6O4S/c1-15-18(21(31)27-23(25-15)28-8-10-33-11-9-28)6-7-20(30)29-14-34-13-19(29)22(32)26-17-4-2-16(12-24)3-5-17/h2-5,19H,6-11,13-14H2,1H3,(H,26,32)(H,25,27,31). The summed E-state index contributed by atoms with van der Waals surface area (Å²) >= 11 is 1.51. The summed E-state index contributed by atoms with van der Waals surface area (Å²) < 4.78 is 5.34. The number of carbonyl (C=O) groups is 2. The molecule has 11 heteroatoms. The Morgan fingerprint density at radius 3 is 2.71 bits per heavy atom. The van der Waals surface area contributed by atoms with Gasteiger partial charge in [0.1, 0.15) is 6.04 Å². The number of ether oxygens (including phenoxy) is 1. The van der Waals surface area contributed by atoms with Crippen LogP contribution in [0, 0.1) is 18.3 Å². The Kier molecular flexibility index (Phi) is 7.49. The number of nitrogens with one attached hydrogen (secondary N) is 2. The van der Waals surface area contributed by atoms with E-state index in [1.807, 2.05) is 11.0 Å². The van der Waals surface area contributed by atoms with E-state index in [1.165, 1.54) is 11.8 Å². The number of amides is 2. The van der Waals surface area contributed by atoms with E-state index in [-0.39, 0.29) is 30.2 Å². The number of morpholine rings is 1. The number of hydrogen-bond donors (Lipinski definition) is 2. The highest BCUT2D eigenvalue weighted by Gasteiger charge is 2.34. The number of hydrogen-bond acceptors (Lipinski definition) is 8. The van der Waals surface area contributed by atoms with E-state index in [2.05, 4.69) is 15.3 Å². The fraction of sp³-hybridized carbons (Fsp3) is 0.435. The van der Waals surface area contributed by atoms with Gasteiger partial charge in [-0.15, -0.1) is 11.8 Å². The SMILES string of the molecule is Cc1nc(N2CCOCC2)[nH]c(=O)c1CCC(=O)N1CSCC1C(=O)Nc1ccc(C#N)cc1. The lowest BCUT2D eigenvalue weighted by Gasteiger charge is -2.27. The first kappa shape index (κ1) is 23.8. The number of nitriles is 1. The van der Waals surface area contributed by atoms with Crippen LogP contribution < -0.4 is 15.8 Å².